The van der Waals surface area contributed by atoms with E-state index in [1.807, 2.05) is 13.0 Å². The summed E-state index contributed by atoms with van der Waals surface area (Å²) in [6.45, 7) is 4.07. The minimum Gasteiger partial charge on any atom is -0.308 e. The summed E-state index contributed by atoms with van der Waals surface area (Å²) in [6.07, 6.45) is 1.72. The topological polar surface area (TPSA) is 64.7 Å². The molecule has 1 N–H and O–H groups in total. The first-order valence-electron chi connectivity index (χ1n) is 7.69. The predicted molar refractivity (Wildman–Crippen MR) is 93.1 cm³/mol. The van der Waals surface area contributed by atoms with Crippen LogP contribution >= 0.6 is 11.6 Å². The highest BCUT2D eigenvalue weighted by molar-refractivity contribution is 6.31. The first-order valence-corrected chi connectivity index (χ1v) is 8.07. The quantitative estimate of drug-likeness (QED) is 0.759. The average molecular weight is 362 g/mol. The van der Waals surface area contributed by atoms with Crippen LogP contribution in [0.2, 0.25) is 5.02 Å². The van der Waals surface area contributed by atoms with Crippen molar-refractivity contribution in [1.82, 2.24) is 19.6 Å². The van der Waals surface area contributed by atoms with Gasteiger partial charge in [-0.25, -0.2) is 4.39 Å². The molecule has 0 aliphatic rings. The first kappa shape index (κ1) is 17.2. The lowest BCUT2D eigenvalue weighted by Gasteiger charge is -2.05. The van der Waals surface area contributed by atoms with Gasteiger partial charge in [0.25, 0.3) is 0 Å². The maximum Gasteiger partial charge on any atom is 0.247 e. The van der Waals surface area contributed by atoms with Gasteiger partial charge in [-0.05, 0) is 31.5 Å². The molecule has 0 aliphatic heterocycles. The van der Waals surface area contributed by atoms with Crippen LogP contribution in [0.4, 0.5) is 10.2 Å². The van der Waals surface area contributed by atoms with E-state index in [1.165, 1.54) is 12.1 Å². The Morgan fingerprint density at radius 1 is 1.28 bits per heavy atom. The van der Waals surface area contributed by atoms with Crippen molar-refractivity contribution >= 4 is 23.3 Å². The fourth-order valence-electron chi connectivity index (χ4n) is 2.49. The Morgan fingerprint density at radius 3 is 2.76 bits per heavy atom. The van der Waals surface area contributed by atoms with Crippen molar-refractivity contribution in [3.05, 3.63) is 64.3 Å². The monoisotopic (exact) mass is 361 g/mol. The summed E-state index contributed by atoms with van der Waals surface area (Å²) in [5.41, 5.74) is 2.22. The molecule has 8 heteroatoms. The number of hydrogen-bond acceptors (Lipinski definition) is 3. The average Bonchev–Trinajstić information content (AvgIpc) is 3.08. The molecule has 0 bridgehead atoms. The van der Waals surface area contributed by atoms with Crippen LogP contribution in [0, 0.1) is 19.7 Å². The number of hydrogen-bond donors (Lipinski definition) is 1. The highest BCUT2D eigenvalue weighted by Gasteiger charge is 2.13. The molecule has 25 heavy (non-hydrogen) atoms. The Bertz CT molecular complexity index is 918. The molecule has 0 aliphatic carbocycles. The summed E-state index contributed by atoms with van der Waals surface area (Å²) in [5, 5.41) is 11.8. The van der Waals surface area contributed by atoms with Crippen molar-refractivity contribution in [1.29, 1.82) is 0 Å². The number of nitrogens with zero attached hydrogens (tertiary/aromatic N) is 4. The van der Waals surface area contributed by atoms with Crippen molar-refractivity contribution in [2.24, 2.45) is 0 Å². The number of anilines is 1. The molecule has 0 radical (unpaired) electrons. The van der Waals surface area contributed by atoms with E-state index in [2.05, 4.69) is 15.5 Å². The molecule has 0 spiro atoms. The fourth-order valence-corrected chi connectivity index (χ4v) is 2.62. The van der Waals surface area contributed by atoms with E-state index in [-0.39, 0.29) is 18.3 Å². The standard InChI is InChI=1S/C17H17ClFN5O/c1-11-17(18)12(2)24(21-11)10-16(25)20-15-6-7-23(22-15)9-13-4-3-5-14(19)8-13/h3-8H,9-10H2,1-2H3,(H,20,22,25). The lowest BCUT2D eigenvalue weighted by atomic mass is 10.2. The van der Waals surface area contributed by atoms with Crippen LogP contribution < -0.4 is 5.32 Å². The largest absolute Gasteiger partial charge is 0.308 e. The molecule has 0 saturated carbocycles. The Balaban J connectivity index is 1.62. The number of nitrogens with one attached hydrogen (secondary N) is 1. The van der Waals surface area contributed by atoms with Crippen molar-refractivity contribution in [2.75, 3.05) is 5.32 Å². The molecular weight excluding hydrogens is 345 g/mol. The van der Waals surface area contributed by atoms with Gasteiger partial charge in [-0.3, -0.25) is 14.2 Å². The number of rotatable bonds is 5. The van der Waals surface area contributed by atoms with E-state index in [9.17, 15) is 9.18 Å². The summed E-state index contributed by atoms with van der Waals surface area (Å²) in [6, 6.07) is 7.99. The molecule has 1 aromatic carbocycles. The van der Waals surface area contributed by atoms with Gasteiger partial charge in [0.2, 0.25) is 5.91 Å². The summed E-state index contributed by atoms with van der Waals surface area (Å²) < 4.78 is 16.4. The number of benzene rings is 1. The predicted octanol–water partition coefficient (Wildman–Crippen LogP) is 3.18. The Hall–Kier alpha value is -2.67. The van der Waals surface area contributed by atoms with Crippen LogP contribution in [0.5, 0.6) is 0 Å². The van der Waals surface area contributed by atoms with Gasteiger partial charge in [0.15, 0.2) is 5.82 Å². The molecule has 2 heterocycles. The van der Waals surface area contributed by atoms with E-state index in [1.54, 1.807) is 34.6 Å². The number of amides is 1. The third-order valence-electron chi connectivity index (χ3n) is 3.73. The van der Waals surface area contributed by atoms with Crippen LogP contribution in [-0.2, 0) is 17.9 Å². The Kier molecular flexibility index (Phi) is 4.85. The zero-order valence-electron chi connectivity index (χ0n) is 13.8. The van der Waals surface area contributed by atoms with Gasteiger partial charge in [-0.15, -0.1) is 0 Å². The molecule has 0 atom stereocenters. The van der Waals surface area contributed by atoms with Crippen LogP contribution in [0.1, 0.15) is 17.0 Å². The minimum atomic E-state index is -0.290. The second-order valence-corrected chi connectivity index (χ2v) is 6.10. The molecule has 0 saturated heterocycles. The summed E-state index contributed by atoms with van der Waals surface area (Å²) in [7, 11) is 0. The van der Waals surface area contributed by atoms with Crippen molar-refractivity contribution in [3.8, 4) is 0 Å². The van der Waals surface area contributed by atoms with Crippen LogP contribution in [0.25, 0.3) is 0 Å². The SMILES string of the molecule is Cc1nn(CC(=O)Nc2ccn(Cc3cccc(F)c3)n2)c(C)c1Cl. The summed E-state index contributed by atoms with van der Waals surface area (Å²) in [5.74, 6) is -0.117. The molecule has 3 rings (SSSR count). The maximum atomic E-state index is 13.2. The number of carbonyl (C=O) groups is 1. The van der Waals surface area contributed by atoms with Gasteiger partial charge in [0.1, 0.15) is 12.4 Å². The van der Waals surface area contributed by atoms with Gasteiger partial charge in [0.05, 0.1) is 23.0 Å². The number of carbonyl (C=O) groups excluding carboxylic acids is 1. The second kappa shape index (κ2) is 7.06. The highest BCUT2D eigenvalue weighted by atomic mass is 35.5. The third-order valence-corrected chi connectivity index (χ3v) is 4.28. The van der Waals surface area contributed by atoms with Gasteiger partial charge < -0.3 is 5.32 Å². The van der Waals surface area contributed by atoms with Gasteiger partial charge in [0, 0.05) is 12.3 Å². The van der Waals surface area contributed by atoms with E-state index < -0.39 is 0 Å². The van der Waals surface area contributed by atoms with E-state index in [4.69, 9.17) is 11.6 Å². The fraction of sp³-hybridized carbons (Fsp3) is 0.235. The Morgan fingerprint density at radius 2 is 2.08 bits per heavy atom. The first-order chi connectivity index (χ1) is 11.9. The summed E-state index contributed by atoms with van der Waals surface area (Å²) in [4.78, 5) is 12.2. The van der Waals surface area contributed by atoms with E-state index in [0.717, 1.165) is 11.3 Å². The zero-order valence-corrected chi connectivity index (χ0v) is 14.6. The van der Waals surface area contributed by atoms with Gasteiger partial charge >= 0.3 is 0 Å². The molecule has 2 aromatic heterocycles. The zero-order chi connectivity index (χ0) is 18.0. The normalized spacial score (nSPS) is 10.9. The smallest absolute Gasteiger partial charge is 0.247 e. The molecule has 3 aromatic rings. The lowest BCUT2D eigenvalue weighted by Crippen LogP contribution is -2.20. The molecular formula is C17H17ClFN5O. The van der Waals surface area contributed by atoms with E-state index in [0.29, 0.717) is 23.1 Å². The molecule has 6 nitrogen and oxygen atoms in total. The van der Waals surface area contributed by atoms with Crippen molar-refractivity contribution in [3.63, 3.8) is 0 Å². The molecule has 1 amide bonds. The van der Waals surface area contributed by atoms with Gasteiger partial charge in [-0.2, -0.15) is 10.2 Å². The maximum absolute atomic E-state index is 13.2. The highest BCUT2D eigenvalue weighted by Crippen LogP contribution is 2.18. The number of aryl methyl sites for hydroxylation is 1. The van der Waals surface area contributed by atoms with Crippen molar-refractivity contribution < 1.29 is 9.18 Å². The minimum absolute atomic E-state index is 0.0517. The summed E-state index contributed by atoms with van der Waals surface area (Å²) >= 11 is 6.08. The Labute approximate surface area is 149 Å². The lowest BCUT2D eigenvalue weighted by molar-refractivity contribution is -0.117. The second-order valence-electron chi connectivity index (χ2n) is 5.72. The number of halogens is 2. The third kappa shape index (κ3) is 4.06. The van der Waals surface area contributed by atoms with Gasteiger partial charge in [-0.1, -0.05) is 23.7 Å². The van der Waals surface area contributed by atoms with Crippen molar-refractivity contribution in [2.45, 2.75) is 26.9 Å². The number of aromatic nitrogens is 4. The molecule has 0 fully saturated rings. The molecule has 0 unspecified atom stereocenters. The van der Waals surface area contributed by atoms with E-state index >= 15 is 0 Å². The van der Waals surface area contributed by atoms with Crippen LogP contribution in [-0.4, -0.2) is 25.5 Å². The van der Waals surface area contributed by atoms with Crippen LogP contribution in [0.3, 0.4) is 0 Å². The molecule has 130 valence electrons. The van der Waals surface area contributed by atoms with Crippen LogP contribution in [0.15, 0.2) is 36.5 Å².